The summed E-state index contributed by atoms with van der Waals surface area (Å²) >= 11 is 0. The maximum absolute atomic E-state index is 13.2. The van der Waals surface area contributed by atoms with Gasteiger partial charge in [-0.25, -0.2) is 0 Å². The first-order valence-electron chi connectivity index (χ1n) is 12.6. The summed E-state index contributed by atoms with van der Waals surface area (Å²) in [7, 11) is 2.14. The maximum Gasteiger partial charge on any atom is 0.258 e. The van der Waals surface area contributed by atoms with Crippen LogP contribution in [0.5, 0.6) is 0 Å². The van der Waals surface area contributed by atoms with Crippen LogP contribution in [0.3, 0.4) is 0 Å². The average molecular weight is 475 g/mol. The Bertz CT molecular complexity index is 1240. The molecular formula is C28H34N4O3. The molecule has 1 N–H and O–H groups in total. The third kappa shape index (κ3) is 5.57. The molecular weight excluding hydrogens is 440 g/mol. The fraction of sp³-hybridized carbons (Fsp3) is 0.429. The van der Waals surface area contributed by atoms with E-state index in [9.17, 15) is 9.59 Å². The number of likely N-dealkylation sites (tertiary alicyclic amines) is 1. The summed E-state index contributed by atoms with van der Waals surface area (Å²) < 4.78 is 7.16. The Balaban J connectivity index is 1.27. The number of hydrogen-bond acceptors (Lipinski definition) is 5. The van der Waals surface area contributed by atoms with E-state index < -0.39 is 0 Å². The van der Waals surface area contributed by atoms with Gasteiger partial charge >= 0.3 is 0 Å². The van der Waals surface area contributed by atoms with Crippen LogP contribution in [0.2, 0.25) is 0 Å². The first kappa shape index (κ1) is 23.6. The summed E-state index contributed by atoms with van der Waals surface area (Å²) in [6.45, 7) is 6.51. The number of nitrogens with one attached hydrogen (secondary N) is 1. The van der Waals surface area contributed by atoms with Crippen molar-refractivity contribution < 1.29 is 9.53 Å². The number of carbonyl (C=O) groups excluding carboxylic acids is 1. The number of benzene rings is 2. The third-order valence-corrected chi connectivity index (χ3v) is 7.27. The van der Waals surface area contributed by atoms with Gasteiger partial charge < -0.3 is 24.4 Å². The predicted octanol–water partition coefficient (Wildman–Crippen LogP) is 2.96. The zero-order valence-electron chi connectivity index (χ0n) is 20.4. The molecule has 0 bridgehead atoms. The second-order valence-electron chi connectivity index (χ2n) is 9.78. The van der Waals surface area contributed by atoms with Gasteiger partial charge in [0.25, 0.3) is 11.5 Å². The molecule has 0 radical (unpaired) electrons. The molecule has 0 aliphatic carbocycles. The molecule has 184 valence electrons. The Kier molecular flexibility index (Phi) is 7.16. The van der Waals surface area contributed by atoms with E-state index in [4.69, 9.17) is 4.74 Å². The second-order valence-corrected chi connectivity index (χ2v) is 9.78. The molecule has 3 heterocycles. The van der Waals surface area contributed by atoms with Crippen LogP contribution >= 0.6 is 0 Å². The summed E-state index contributed by atoms with van der Waals surface area (Å²) in [5.74, 6) is 0.491. The molecule has 0 atom stereocenters. The van der Waals surface area contributed by atoms with Crippen molar-refractivity contribution in [2.24, 2.45) is 5.92 Å². The molecule has 35 heavy (non-hydrogen) atoms. The highest BCUT2D eigenvalue weighted by molar-refractivity contribution is 5.94. The molecule has 0 spiro atoms. The molecule has 7 heteroatoms. The second kappa shape index (κ2) is 10.6. The zero-order chi connectivity index (χ0) is 24.2. The number of hydrogen-bond donors (Lipinski definition) is 1. The van der Waals surface area contributed by atoms with Crippen molar-refractivity contribution in [1.29, 1.82) is 0 Å². The zero-order valence-corrected chi connectivity index (χ0v) is 20.4. The Morgan fingerprint density at radius 1 is 1.03 bits per heavy atom. The number of amides is 1. The Morgan fingerprint density at radius 2 is 1.83 bits per heavy atom. The number of ether oxygens (including phenoxy) is 1. The van der Waals surface area contributed by atoms with Crippen molar-refractivity contribution in [3.05, 3.63) is 76.2 Å². The van der Waals surface area contributed by atoms with Gasteiger partial charge in [0.2, 0.25) is 0 Å². The van der Waals surface area contributed by atoms with Crippen molar-refractivity contribution in [2.75, 3.05) is 57.9 Å². The minimum atomic E-state index is -0.0488. The number of carbonyl (C=O) groups is 1. The smallest absolute Gasteiger partial charge is 0.258 e. The lowest BCUT2D eigenvalue weighted by Gasteiger charge is -2.29. The van der Waals surface area contributed by atoms with Crippen molar-refractivity contribution in [3.8, 4) is 0 Å². The van der Waals surface area contributed by atoms with E-state index in [1.54, 1.807) is 4.57 Å². The van der Waals surface area contributed by atoms with Gasteiger partial charge in [0.15, 0.2) is 0 Å². The number of fused-ring (bicyclic) bond motifs is 1. The minimum absolute atomic E-state index is 0.0202. The topological polar surface area (TPSA) is 66.8 Å². The number of anilines is 1. The van der Waals surface area contributed by atoms with Crippen LogP contribution in [-0.2, 0) is 11.3 Å². The monoisotopic (exact) mass is 474 g/mol. The van der Waals surface area contributed by atoms with Gasteiger partial charge in [-0.3, -0.25) is 9.59 Å². The molecule has 2 saturated heterocycles. The molecule has 0 unspecified atom stereocenters. The van der Waals surface area contributed by atoms with Gasteiger partial charge in [-0.2, -0.15) is 0 Å². The first-order chi connectivity index (χ1) is 17.1. The van der Waals surface area contributed by atoms with E-state index in [0.29, 0.717) is 30.0 Å². The minimum Gasteiger partial charge on any atom is -0.378 e. The largest absolute Gasteiger partial charge is 0.378 e. The van der Waals surface area contributed by atoms with E-state index >= 15 is 0 Å². The van der Waals surface area contributed by atoms with Crippen molar-refractivity contribution in [1.82, 2.24) is 14.8 Å². The summed E-state index contributed by atoms with van der Waals surface area (Å²) in [6, 6.07) is 15.6. The summed E-state index contributed by atoms with van der Waals surface area (Å²) in [4.78, 5) is 30.6. The lowest BCUT2D eigenvalue weighted by Crippen LogP contribution is -2.36. The highest BCUT2D eigenvalue weighted by Gasteiger charge is 2.18. The van der Waals surface area contributed by atoms with Crippen LogP contribution in [0.15, 0.2) is 59.5 Å². The van der Waals surface area contributed by atoms with Gasteiger partial charge in [0.1, 0.15) is 0 Å². The number of aromatic nitrogens is 1. The Morgan fingerprint density at radius 3 is 2.63 bits per heavy atom. The van der Waals surface area contributed by atoms with Gasteiger partial charge in [-0.05, 0) is 86.2 Å². The average Bonchev–Trinajstić information content (AvgIpc) is 2.90. The molecule has 3 aromatic rings. The molecule has 0 saturated carbocycles. The fourth-order valence-corrected chi connectivity index (χ4v) is 5.03. The van der Waals surface area contributed by atoms with Gasteiger partial charge in [-0.15, -0.1) is 0 Å². The lowest BCUT2D eigenvalue weighted by atomic mass is 9.97. The van der Waals surface area contributed by atoms with E-state index in [2.05, 4.69) is 28.2 Å². The van der Waals surface area contributed by atoms with E-state index in [1.807, 2.05) is 48.7 Å². The summed E-state index contributed by atoms with van der Waals surface area (Å²) in [5, 5.41) is 4.75. The van der Waals surface area contributed by atoms with E-state index in [1.165, 1.54) is 0 Å². The molecule has 1 amide bonds. The molecule has 5 rings (SSSR count). The van der Waals surface area contributed by atoms with Crippen LogP contribution in [0, 0.1) is 5.92 Å². The van der Waals surface area contributed by atoms with Crippen LogP contribution < -0.4 is 15.8 Å². The molecule has 7 nitrogen and oxygen atoms in total. The maximum atomic E-state index is 13.2. The van der Waals surface area contributed by atoms with E-state index in [0.717, 1.165) is 68.9 Å². The van der Waals surface area contributed by atoms with Crippen molar-refractivity contribution in [2.45, 2.75) is 19.4 Å². The summed E-state index contributed by atoms with van der Waals surface area (Å²) in [5.41, 5.74) is 2.67. The van der Waals surface area contributed by atoms with Crippen LogP contribution in [-0.4, -0.2) is 68.4 Å². The quantitative estimate of drug-likeness (QED) is 0.595. The van der Waals surface area contributed by atoms with Gasteiger partial charge in [-0.1, -0.05) is 12.1 Å². The normalized spacial score (nSPS) is 17.6. The molecule has 2 aliphatic heterocycles. The standard InChI is InChI=1S/C28H34N4O3/c1-30-10-7-21(8-11-30)19-29-27(33)24-4-2-3-22(17-24)20-32-12-9-23-18-25(5-6-26(23)28(32)34)31-13-15-35-16-14-31/h2-6,9,12,17-18,21H,7-8,10-11,13-16,19-20H2,1H3,(H,29,33). The van der Waals surface area contributed by atoms with Crippen LogP contribution in [0.1, 0.15) is 28.8 Å². The van der Waals surface area contributed by atoms with Gasteiger partial charge in [0, 0.05) is 42.5 Å². The number of rotatable bonds is 6. The first-order valence-corrected chi connectivity index (χ1v) is 12.6. The SMILES string of the molecule is CN1CCC(CNC(=O)c2cccc(Cn3ccc4cc(N5CCOCC5)ccc4c3=O)c2)CC1. The van der Waals surface area contributed by atoms with E-state index in [-0.39, 0.29) is 11.5 Å². The molecule has 1 aromatic heterocycles. The lowest BCUT2D eigenvalue weighted by molar-refractivity contribution is 0.0939. The van der Waals surface area contributed by atoms with Crippen molar-refractivity contribution >= 4 is 22.4 Å². The Labute approximate surface area is 206 Å². The molecule has 2 fully saturated rings. The molecule has 2 aromatic carbocycles. The third-order valence-electron chi connectivity index (χ3n) is 7.27. The number of nitrogens with zero attached hydrogens (tertiary/aromatic N) is 3. The fourth-order valence-electron chi connectivity index (χ4n) is 5.03. The summed E-state index contributed by atoms with van der Waals surface area (Å²) in [6.07, 6.45) is 4.09. The highest BCUT2D eigenvalue weighted by atomic mass is 16.5. The number of piperidine rings is 1. The van der Waals surface area contributed by atoms with Crippen LogP contribution in [0.25, 0.3) is 10.8 Å². The highest BCUT2D eigenvalue weighted by Crippen LogP contribution is 2.21. The van der Waals surface area contributed by atoms with Crippen molar-refractivity contribution in [3.63, 3.8) is 0 Å². The number of morpholine rings is 1. The van der Waals surface area contributed by atoms with Crippen LogP contribution in [0.4, 0.5) is 5.69 Å². The Hall–Kier alpha value is -3.16. The molecule has 2 aliphatic rings. The number of pyridine rings is 1. The van der Waals surface area contributed by atoms with Gasteiger partial charge in [0.05, 0.1) is 19.8 Å². The predicted molar refractivity (Wildman–Crippen MR) is 139 cm³/mol.